The topological polar surface area (TPSA) is 50.4 Å². The lowest BCUT2D eigenvalue weighted by molar-refractivity contribution is 0.0606. The number of hydrogen-bond donors (Lipinski definition) is 2. The molecule has 4 nitrogen and oxygen atoms in total. The standard InChI is InChI=1S/C19H18N2O2S2/c1-12(13-6-4-3-5-7-13)20-19(24)21-15-8-9-16-14(10-15)11-17(25-16)18(22)23-2/h3-12H,1-2H3,(H2,20,21,24)/t12-/m1/s1. The van der Waals surface area contributed by atoms with Gasteiger partial charge in [0.2, 0.25) is 0 Å². The maximum Gasteiger partial charge on any atom is 0.348 e. The van der Waals surface area contributed by atoms with Crippen LogP contribution in [0.4, 0.5) is 5.69 Å². The van der Waals surface area contributed by atoms with E-state index in [1.807, 2.05) is 42.5 Å². The molecule has 0 aliphatic rings. The minimum Gasteiger partial charge on any atom is -0.465 e. The molecule has 2 N–H and O–H groups in total. The third-order valence-corrected chi connectivity index (χ3v) is 5.12. The molecular weight excluding hydrogens is 352 g/mol. The Bertz CT molecular complexity index is 906. The molecule has 1 heterocycles. The molecule has 0 saturated heterocycles. The fourth-order valence-corrected chi connectivity index (χ4v) is 3.77. The molecule has 6 heteroatoms. The van der Waals surface area contributed by atoms with E-state index in [4.69, 9.17) is 17.0 Å². The number of hydrogen-bond acceptors (Lipinski definition) is 4. The molecule has 25 heavy (non-hydrogen) atoms. The summed E-state index contributed by atoms with van der Waals surface area (Å²) in [4.78, 5) is 12.2. The largest absolute Gasteiger partial charge is 0.465 e. The Hall–Kier alpha value is -2.44. The van der Waals surface area contributed by atoms with Crippen molar-refractivity contribution >= 4 is 50.4 Å². The summed E-state index contributed by atoms with van der Waals surface area (Å²) in [5, 5.41) is 8.01. The highest BCUT2D eigenvalue weighted by Gasteiger charge is 2.11. The summed E-state index contributed by atoms with van der Waals surface area (Å²) in [5.41, 5.74) is 2.04. The van der Waals surface area contributed by atoms with Gasteiger partial charge in [-0.25, -0.2) is 4.79 Å². The minimum absolute atomic E-state index is 0.108. The van der Waals surface area contributed by atoms with Crippen LogP contribution in [0.25, 0.3) is 10.1 Å². The summed E-state index contributed by atoms with van der Waals surface area (Å²) in [6.07, 6.45) is 0. The van der Waals surface area contributed by atoms with Crippen molar-refractivity contribution in [1.29, 1.82) is 0 Å². The van der Waals surface area contributed by atoms with Gasteiger partial charge in [0.05, 0.1) is 13.2 Å². The first-order chi connectivity index (χ1) is 12.1. The highest BCUT2D eigenvalue weighted by atomic mass is 32.1. The van der Waals surface area contributed by atoms with E-state index in [0.29, 0.717) is 9.99 Å². The van der Waals surface area contributed by atoms with Crippen molar-refractivity contribution in [3.63, 3.8) is 0 Å². The second-order valence-electron chi connectivity index (χ2n) is 5.59. The quantitative estimate of drug-likeness (QED) is 0.513. The van der Waals surface area contributed by atoms with E-state index in [2.05, 4.69) is 29.7 Å². The number of nitrogens with one attached hydrogen (secondary N) is 2. The van der Waals surface area contributed by atoms with Crippen LogP contribution in [0.1, 0.15) is 28.2 Å². The molecule has 0 unspecified atom stereocenters. The van der Waals surface area contributed by atoms with Crippen LogP contribution < -0.4 is 10.6 Å². The van der Waals surface area contributed by atoms with Gasteiger partial charge in [-0.05, 0) is 54.4 Å². The van der Waals surface area contributed by atoms with Gasteiger partial charge < -0.3 is 15.4 Å². The lowest BCUT2D eigenvalue weighted by atomic mass is 10.1. The predicted molar refractivity (Wildman–Crippen MR) is 107 cm³/mol. The molecule has 1 aromatic heterocycles. The molecule has 0 saturated carbocycles. The van der Waals surface area contributed by atoms with Crippen LogP contribution in [0.15, 0.2) is 54.6 Å². The zero-order valence-corrected chi connectivity index (χ0v) is 15.5. The van der Waals surface area contributed by atoms with Crippen molar-refractivity contribution in [3.05, 3.63) is 65.0 Å². The van der Waals surface area contributed by atoms with Crippen LogP contribution in [0, 0.1) is 0 Å². The van der Waals surface area contributed by atoms with Gasteiger partial charge in [-0.3, -0.25) is 0 Å². The summed E-state index contributed by atoms with van der Waals surface area (Å²) in [6.45, 7) is 2.06. The summed E-state index contributed by atoms with van der Waals surface area (Å²) < 4.78 is 5.80. The fraction of sp³-hybridized carbons (Fsp3) is 0.158. The number of anilines is 1. The van der Waals surface area contributed by atoms with Gasteiger partial charge in [-0.15, -0.1) is 11.3 Å². The fourth-order valence-electron chi connectivity index (χ4n) is 2.51. The Morgan fingerprint density at radius 2 is 1.92 bits per heavy atom. The molecule has 0 aliphatic heterocycles. The number of thiocarbonyl (C=S) groups is 1. The van der Waals surface area contributed by atoms with Gasteiger partial charge in [0, 0.05) is 10.4 Å². The predicted octanol–water partition coefficient (Wildman–Crippen LogP) is 4.74. The molecule has 128 valence electrons. The highest BCUT2D eigenvalue weighted by molar-refractivity contribution is 7.80. The molecular formula is C19H18N2O2S2. The van der Waals surface area contributed by atoms with Crippen LogP contribution in [0.5, 0.6) is 0 Å². The van der Waals surface area contributed by atoms with Crippen LogP contribution in [-0.4, -0.2) is 18.2 Å². The molecule has 3 aromatic rings. The molecule has 0 bridgehead atoms. The third-order valence-electron chi connectivity index (χ3n) is 3.81. The lowest BCUT2D eigenvalue weighted by Gasteiger charge is -2.17. The van der Waals surface area contributed by atoms with E-state index in [0.717, 1.165) is 15.8 Å². The summed E-state index contributed by atoms with van der Waals surface area (Å²) in [5.74, 6) is -0.315. The Morgan fingerprint density at radius 3 is 2.64 bits per heavy atom. The average molecular weight is 370 g/mol. The lowest BCUT2D eigenvalue weighted by Crippen LogP contribution is -2.30. The van der Waals surface area contributed by atoms with Crippen molar-refractivity contribution < 1.29 is 9.53 Å². The monoisotopic (exact) mass is 370 g/mol. The zero-order chi connectivity index (χ0) is 17.8. The molecule has 0 fully saturated rings. The van der Waals surface area contributed by atoms with E-state index in [1.54, 1.807) is 0 Å². The third kappa shape index (κ3) is 4.15. The second-order valence-corrected chi connectivity index (χ2v) is 7.08. The molecule has 2 aromatic carbocycles. The van der Waals surface area contributed by atoms with Crippen molar-refractivity contribution in [2.45, 2.75) is 13.0 Å². The maximum absolute atomic E-state index is 11.6. The van der Waals surface area contributed by atoms with Gasteiger partial charge in [-0.1, -0.05) is 30.3 Å². The van der Waals surface area contributed by atoms with Crippen molar-refractivity contribution in [1.82, 2.24) is 5.32 Å². The van der Waals surface area contributed by atoms with Gasteiger partial charge in [-0.2, -0.15) is 0 Å². The number of carbonyl (C=O) groups is 1. The van der Waals surface area contributed by atoms with Gasteiger partial charge >= 0.3 is 5.97 Å². The molecule has 0 spiro atoms. The summed E-state index contributed by atoms with van der Waals surface area (Å²) >= 11 is 6.82. The summed E-state index contributed by atoms with van der Waals surface area (Å²) in [6, 6.07) is 18.0. The van der Waals surface area contributed by atoms with E-state index in [-0.39, 0.29) is 12.0 Å². The Morgan fingerprint density at radius 1 is 1.16 bits per heavy atom. The Kier molecular flexibility index (Phi) is 5.31. The first-order valence-electron chi connectivity index (χ1n) is 7.81. The number of thiophene rings is 1. The Balaban J connectivity index is 1.69. The molecule has 1 atom stereocenters. The van der Waals surface area contributed by atoms with E-state index in [1.165, 1.54) is 24.0 Å². The van der Waals surface area contributed by atoms with Crippen LogP contribution in [0.2, 0.25) is 0 Å². The molecule has 3 rings (SSSR count). The first-order valence-corrected chi connectivity index (χ1v) is 9.03. The summed E-state index contributed by atoms with van der Waals surface area (Å²) in [7, 11) is 1.39. The number of esters is 1. The number of fused-ring (bicyclic) bond motifs is 1. The van der Waals surface area contributed by atoms with Gasteiger partial charge in [0.25, 0.3) is 0 Å². The molecule has 0 amide bonds. The van der Waals surface area contributed by atoms with Crippen molar-refractivity contribution in [2.75, 3.05) is 12.4 Å². The highest BCUT2D eigenvalue weighted by Crippen LogP contribution is 2.28. The number of ether oxygens (including phenoxy) is 1. The molecule has 0 radical (unpaired) electrons. The van der Waals surface area contributed by atoms with Crippen LogP contribution >= 0.6 is 23.6 Å². The smallest absolute Gasteiger partial charge is 0.348 e. The van der Waals surface area contributed by atoms with Crippen LogP contribution in [0.3, 0.4) is 0 Å². The van der Waals surface area contributed by atoms with E-state index in [9.17, 15) is 4.79 Å². The first kappa shape index (κ1) is 17.4. The average Bonchev–Trinajstić information content (AvgIpc) is 3.05. The van der Waals surface area contributed by atoms with Crippen LogP contribution in [-0.2, 0) is 4.74 Å². The second kappa shape index (κ2) is 7.63. The van der Waals surface area contributed by atoms with E-state index < -0.39 is 0 Å². The van der Waals surface area contributed by atoms with E-state index >= 15 is 0 Å². The zero-order valence-electron chi connectivity index (χ0n) is 13.9. The number of benzene rings is 2. The van der Waals surface area contributed by atoms with Gasteiger partial charge in [0.15, 0.2) is 5.11 Å². The van der Waals surface area contributed by atoms with Crippen molar-refractivity contribution in [3.8, 4) is 0 Å². The number of methoxy groups -OCH3 is 1. The minimum atomic E-state index is -0.315. The SMILES string of the molecule is COC(=O)c1cc2cc(NC(=S)N[C@H](C)c3ccccc3)ccc2s1. The molecule has 0 aliphatic carbocycles. The number of carbonyl (C=O) groups excluding carboxylic acids is 1. The normalized spacial score (nSPS) is 11.8. The Labute approximate surface area is 155 Å². The number of rotatable bonds is 4. The van der Waals surface area contributed by atoms with Crippen molar-refractivity contribution in [2.24, 2.45) is 0 Å². The van der Waals surface area contributed by atoms with Gasteiger partial charge in [0.1, 0.15) is 4.88 Å². The maximum atomic E-state index is 11.6.